The first kappa shape index (κ1) is 23.7. The van der Waals surface area contributed by atoms with E-state index in [-0.39, 0.29) is 24.3 Å². The first-order chi connectivity index (χ1) is 16.4. The molecule has 1 aliphatic heterocycles. The Balaban J connectivity index is 1.57. The Labute approximate surface area is 200 Å². The number of hydrogen-bond donors (Lipinski definition) is 3. The fourth-order valence-corrected chi connectivity index (χ4v) is 4.64. The Morgan fingerprint density at radius 2 is 1.88 bits per heavy atom. The van der Waals surface area contributed by atoms with Gasteiger partial charge in [0.05, 0.1) is 5.69 Å². The van der Waals surface area contributed by atoms with E-state index in [1.165, 1.54) is 5.56 Å². The van der Waals surface area contributed by atoms with Crippen LogP contribution < -0.4 is 16.8 Å². The smallest absolute Gasteiger partial charge is 0.255 e. The largest absolute Gasteiger partial charge is 0.387 e. The molecule has 178 valence electrons. The van der Waals surface area contributed by atoms with E-state index in [1.54, 1.807) is 12.1 Å². The quantitative estimate of drug-likeness (QED) is 0.572. The molecule has 0 radical (unpaired) electrons. The first-order valence-electron chi connectivity index (χ1n) is 12.1. The molecule has 1 atom stereocenters. The minimum absolute atomic E-state index is 0.00802. The van der Waals surface area contributed by atoms with Gasteiger partial charge in [0.2, 0.25) is 5.91 Å². The maximum atomic E-state index is 13.1. The number of rotatable bonds is 7. The standard InChI is InChI=1S/C27H33N5O2/c1-3-11-32(12-4-2)27(34)20-13-18-5-6-19(14-24(18)31-25(29)15-20)26(33)30-21-9-7-17-8-10-23(28)22(17)16-21/h5-7,9,13-14,16,23H,3-4,8,10-12,15,28H2,1-2H3,(H2,29,31)(H,30,33). The lowest BCUT2D eigenvalue weighted by Crippen LogP contribution is -2.34. The average molecular weight is 460 g/mol. The molecule has 2 aromatic rings. The van der Waals surface area contributed by atoms with E-state index in [2.05, 4.69) is 24.2 Å². The summed E-state index contributed by atoms with van der Waals surface area (Å²) in [5, 5.41) is 2.96. The fraction of sp³-hybridized carbons (Fsp3) is 0.370. The number of aryl methyl sites for hydroxylation is 1. The Morgan fingerprint density at radius 3 is 2.62 bits per heavy atom. The number of anilines is 1. The Bertz CT molecular complexity index is 1160. The highest BCUT2D eigenvalue weighted by molar-refractivity contribution is 6.08. The molecule has 1 aliphatic carbocycles. The zero-order valence-electron chi connectivity index (χ0n) is 19.9. The number of nitrogens with two attached hydrogens (primary N) is 2. The lowest BCUT2D eigenvalue weighted by molar-refractivity contribution is -0.127. The molecule has 2 aliphatic rings. The van der Waals surface area contributed by atoms with Crippen molar-refractivity contribution in [3.63, 3.8) is 0 Å². The van der Waals surface area contributed by atoms with Gasteiger partial charge in [0.25, 0.3) is 5.91 Å². The highest BCUT2D eigenvalue weighted by atomic mass is 16.2. The highest BCUT2D eigenvalue weighted by Gasteiger charge is 2.22. The second-order valence-corrected chi connectivity index (χ2v) is 9.03. The Morgan fingerprint density at radius 1 is 1.12 bits per heavy atom. The number of carbonyl (C=O) groups excluding carboxylic acids is 2. The number of hydrogen-bond acceptors (Lipinski definition) is 5. The minimum atomic E-state index is -0.232. The van der Waals surface area contributed by atoms with Crippen LogP contribution in [0.5, 0.6) is 0 Å². The SMILES string of the molecule is CCCN(CCC)C(=O)C1=Cc2ccc(C(=O)Nc3ccc4c(c3)C(N)CC4)cc2N=C(N)C1. The molecule has 0 spiro atoms. The van der Waals surface area contributed by atoms with Crippen LogP contribution in [0.25, 0.3) is 6.08 Å². The summed E-state index contributed by atoms with van der Waals surface area (Å²) < 4.78 is 0. The van der Waals surface area contributed by atoms with Crippen molar-refractivity contribution in [3.8, 4) is 0 Å². The minimum Gasteiger partial charge on any atom is -0.387 e. The average Bonchev–Trinajstić information content (AvgIpc) is 3.09. The maximum absolute atomic E-state index is 13.1. The van der Waals surface area contributed by atoms with Crippen LogP contribution in [-0.2, 0) is 11.2 Å². The van der Waals surface area contributed by atoms with Crippen LogP contribution in [0.15, 0.2) is 47.0 Å². The molecule has 4 rings (SSSR count). The molecule has 7 heteroatoms. The van der Waals surface area contributed by atoms with Crippen molar-refractivity contribution in [2.24, 2.45) is 16.5 Å². The number of benzene rings is 2. The van der Waals surface area contributed by atoms with Gasteiger partial charge in [-0.15, -0.1) is 0 Å². The number of nitrogens with one attached hydrogen (secondary N) is 1. The molecule has 7 nitrogen and oxygen atoms in total. The number of aliphatic imine (C=N–C) groups is 1. The van der Waals surface area contributed by atoms with Crippen LogP contribution in [0.3, 0.4) is 0 Å². The molecule has 0 aromatic heterocycles. The van der Waals surface area contributed by atoms with E-state index in [9.17, 15) is 9.59 Å². The molecule has 2 aromatic carbocycles. The van der Waals surface area contributed by atoms with Crippen molar-refractivity contribution in [3.05, 3.63) is 64.2 Å². The van der Waals surface area contributed by atoms with Crippen LogP contribution in [-0.4, -0.2) is 35.6 Å². The van der Waals surface area contributed by atoms with Crippen LogP contribution >= 0.6 is 0 Å². The van der Waals surface area contributed by atoms with Crippen LogP contribution in [0.1, 0.15) is 72.6 Å². The van der Waals surface area contributed by atoms with E-state index in [1.807, 2.05) is 35.2 Å². The predicted molar refractivity (Wildman–Crippen MR) is 137 cm³/mol. The summed E-state index contributed by atoms with van der Waals surface area (Å²) in [4.78, 5) is 32.5. The first-order valence-corrected chi connectivity index (χ1v) is 12.1. The van der Waals surface area contributed by atoms with Crippen molar-refractivity contribution >= 4 is 35.1 Å². The maximum Gasteiger partial charge on any atom is 0.255 e. The van der Waals surface area contributed by atoms with Gasteiger partial charge < -0.3 is 21.7 Å². The van der Waals surface area contributed by atoms with Gasteiger partial charge in [-0.25, -0.2) is 4.99 Å². The lowest BCUT2D eigenvalue weighted by Gasteiger charge is -2.22. The molecular weight excluding hydrogens is 426 g/mol. The molecule has 0 saturated carbocycles. The number of carbonyl (C=O) groups is 2. The van der Waals surface area contributed by atoms with Gasteiger partial charge in [-0.3, -0.25) is 9.59 Å². The highest BCUT2D eigenvalue weighted by Crippen LogP contribution is 2.32. The van der Waals surface area contributed by atoms with Crippen LogP contribution in [0.4, 0.5) is 11.4 Å². The molecule has 0 saturated heterocycles. The van der Waals surface area contributed by atoms with Gasteiger partial charge in [-0.1, -0.05) is 26.0 Å². The summed E-state index contributed by atoms with van der Waals surface area (Å²) in [7, 11) is 0. The third-order valence-corrected chi connectivity index (χ3v) is 6.33. The second kappa shape index (κ2) is 10.2. The Kier molecular flexibility index (Phi) is 7.12. The molecule has 2 amide bonds. The van der Waals surface area contributed by atoms with E-state index >= 15 is 0 Å². The number of amidine groups is 1. The fourth-order valence-electron chi connectivity index (χ4n) is 4.64. The van der Waals surface area contributed by atoms with Crippen molar-refractivity contribution < 1.29 is 9.59 Å². The van der Waals surface area contributed by atoms with Crippen molar-refractivity contribution in [1.29, 1.82) is 0 Å². The molecule has 34 heavy (non-hydrogen) atoms. The third-order valence-electron chi connectivity index (χ3n) is 6.33. The summed E-state index contributed by atoms with van der Waals surface area (Å²) >= 11 is 0. The normalized spacial score (nSPS) is 16.6. The summed E-state index contributed by atoms with van der Waals surface area (Å²) in [5.41, 5.74) is 17.9. The van der Waals surface area contributed by atoms with Crippen molar-refractivity contribution in [2.75, 3.05) is 18.4 Å². The predicted octanol–water partition coefficient (Wildman–Crippen LogP) is 4.31. The Hall–Kier alpha value is -3.45. The summed E-state index contributed by atoms with van der Waals surface area (Å²) in [6, 6.07) is 11.2. The van der Waals surface area contributed by atoms with E-state index in [0.29, 0.717) is 35.7 Å². The molecule has 5 N–H and O–H groups in total. The third kappa shape index (κ3) is 5.04. The monoisotopic (exact) mass is 459 g/mol. The van der Waals surface area contributed by atoms with Gasteiger partial charge in [-0.05, 0) is 67.2 Å². The van der Waals surface area contributed by atoms with Crippen molar-refractivity contribution in [2.45, 2.75) is 52.0 Å². The second-order valence-electron chi connectivity index (χ2n) is 9.03. The lowest BCUT2D eigenvalue weighted by atomic mass is 10.0. The van der Waals surface area contributed by atoms with E-state index in [0.717, 1.165) is 42.5 Å². The van der Waals surface area contributed by atoms with Crippen molar-refractivity contribution in [1.82, 2.24) is 4.90 Å². The van der Waals surface area contributed by atoms with Gasteiger partial charge in [0, 0.05) is 47.9 Å². The van der Waals surface area contributed by atoms with Gasteiger partial charge in [0.15, 0.2) is 0 Å². The molecule has 1 unspecified atom stereocenters. The number of fused-ring (bicyclic) bond motifs is 2. The van der Waals surface area contributed by atoms with E-state index < -0.39 is 0 Å². The number of nitrogens with zero attached hydrogens (tertiary/aromatic N) is 2. The summed E-state index contributed by atoms with van der Waals surface area (Å²) in [6.07, 6.45) is 5.84. The van der Waals surface area contributed by atoms with E-state index in [4.69, 9.17) is 11.5 Å². The molecule has 1 heterocycles. The molecule has 0 fully saturated rings. The van der Waals surface area contributed by atoms with Crippen LogP contribution in [0, 0.1) is 0 Å². The van der Waals surface area contributed by atoms with Gasteiger partial charge in [-0.2, -0.15) is 0 Å². The number of amides is 2. The molecule has 0 bridgehead atoms. The topological polar surface area (TPSA) is 114 Å². The molecular formula is C27H33N5O2. The van der Waals surface area contributed by atoms with Gasteiger partial charge in [0.1, 0.15) is 5.84 Å². The van der Waals surface area contributed by atoms with Gasteiger partial charge >= 0.3 is 0 Å². The van der Waals surface area contributed by atoms with Crippen LogP contribution in [0.2, 0.25) is 0 Å². The zero-order chi connectivity index (χ0) is 24.2. The summed E-state index contributed by atoms with van der Waals surface area (Å²) in [6.45, 7) is 5.54. The summed E-state index contributed by atoms with van der Waals surface area (Å²) in [5.74, 6) is 0.118. The zero-order valence-corrected chi connectivity index (χ0v) is 19.9.